The normalized spacial score (nSPS) is 17.4. The van der Waals surface area contributed by atoms with Crippen LogP contribution in [0.1, 0.15) is 31.2 Å². The van der Waals surface area contributed by atoms with Crippen molar-refractivity contribution in [3.8, 4) is 11.5 Å². The van der Waals surface area contributed by atoms with Gasteiger partial charge in [0.2, 0.25) is 11.8 Å². The predicted molar refractivity (Wildman–Crippen MR) is 103 cm³/mol. The molecule has 1 aliphatic heterocycles. The molecule has 1 N–H and O–H groups in total. The standard InChI is InChI=1S/C21H21FN4O2/c22-17-11-5-4-10-16(17)20-24-25-21(28-20)18-12-6-7-13-26(18)14-19(27)23-15-8-2-1-3-9-15/h1-5,8-11,18H,6-7,12-14H2,(H,23,27)/t18-/m1/s1. The molecule has 6 nitrogen and oxygen atoms in total. The lowest BCUT2D eigenvalue weighted by atomic mass is 10.0. The quantitative estimate of drug-likeness (QED) is 0.723. The zero-order valence-electron chi connectivity index (χ0n) is 15.3. The minimum Gasteiger partial charge on any atom is -0.419 e. The van der Waals surface area contributed by atoms with E-state index in [2.05, 4.69) is 15.5 Å². The van der Waals surface area contributed by atoms with Gasteiger partial charge in [0, 0.05) is 5.69 Å². The average molecular weight is 380 g/mol. The van der Waals surface area contributed by atoms with Crippen molar-refractivity contribution in [3.63, 3.8) is 0 Å². The summed E-state index contributed by atoms with van der Waals surface area (Å²) in [6, 6.07) is 15.5. The van der Waals surface area contributed by atoms with Gasteiger partial charge in [-0.15, -0.1) is 10.2 Å². The summed E-state index contributed by atoms with van der Waals surface area (Å²) in [4.78, 5) is 14.5. The summed E-state index contributed by atoms with van der Waals surface area (Å²) in [7, 11) is 0. The fourth-order valence-corrected chi connectivity index (χ4v) is 3.48. The molecule has 7 heteroatoms. The van der Waals surface area contributed by atoms with E-state index in [0.717, 1.165) is 31.5 Å². The van der Waals surface area contributed by atoms with Crippen LogP contribution in [0.2, 0.25) is 0 Å². The second kappa shape index (κ2) is 8.31. The van der Waals surface area contributed by atoms with Gasteiger partial charge in [-0.05, 0) is 43.7 Å². The molecule has 0 aliphatic carbocycles. The van der Waals surface area contributed by atoms with E-state index in [1.807, 2.05) is 35.2 Å². The maximum atomic E-state index is 14.0. The summed E-state index contributed by atoms with van der Waals surface area (Å²) in [6.45, 7) is 1.00. The molecule has 1 atom stereocenters. The Kier molecular flexibility index (Phi) is 5.43. The highest BCUT2D eigenvalue weighted by molar-refractivity contribution is 5.92. The lowest BCUT2D eigenvalue weighted by Gasteiger charge is -2.32. The summed E-state index contributed by atoms with van der Waals surface area (Å²) in [5, 5.41) is 11.1. The van der Waals surface area contributed by atoms with E-state index in [1.54, 1.807) is 18.2 Å². The third-order valence-corrected chi connectivity index (χ3v) is 4.85. The highest BCUT2D eigenvalue weighted by atomic mass is 19.1. The highest BCUT2D eigenvalue weighted by Crippen LogP contribution is 2.32. The van der Waals surface area contributed by atoms with Crippen LogP contribution >= 0.6 is 0 Å². The van der Waals surface area contributed by atoms with Crippen molar-refractivity contribution in [1.29, 1.82) is 0 Å². The monoisotopic (exact) mass is 380 g/mol. The SMILES string of the molecule is O=C(CN1CCCC[C@@H]1c1nnc(-c2ccccc2F)o1)Nc1ccccc1. The number of amides is 1. The second-order valence-corrected chi connectivity index (χ2v) is 6.82. The number of halogens is 1. The van der Waals surface area contributed by atoms with Gasteiger partial charge < -0.3 is 9.73 Å². The first-order valence-corrected chi connectivity index (χ1v) is 9.38. The predicted octanol–water partition coefficient (Wildman–Crippen LogP) is 4.04. The number of piperidine rings is 1. The minimum absolute atomic E-state index is 0.0908. The number of anilines is 1. The van der Waals surface area contributed by atoms with E-state index >= 15 is 0 Å². The van der Waals surface area contributed by atoms with Crippen molar-refractivity contribution < 1.29 is 13.6 Å². The summed E-state index contributed by atoms with van der Waals surface area (Å²) < 4.78 is 19.8. The molecule has 1 amide bonds. The molecule has 144 valence electrons. The minimum atomic E-state index is -0.402. The largest absolute Gasteiger partial charge is 0.419 e. The first-order valence-electron chi connectivity index (χ1n) is 9.38. The summed E-state index contributed by atoms with van der Waals surface area (Å²) >= 11 is 0. The van der Waals surface area contributed by atoms with Gasteiger partial charge in [-0.25, -0.2) is 4.39 Å². The van der Waals surface area contributed by atoms with Crippen molar-refractivity contribution in [3.05, 3.63) is 66.3 Å². The van der Waals surface area contributed by atoms with Crippen molar-refractivity contribution in [2.45, 2.75) is 25.3 Å². The van der Waals surface area contributed by atoms with Gasteiger partial charge in [-0.3, -0.25) is 9.69 Å². The van der Waals surface area contributed by atoms with Gasteiger partial charge in [0.25, 0.3) is 5.89 Å². The van der Waals surface area contributed by atoms with E-state index < -0.39 is 5.82 Å². The first kappa shape index (κ1) is 18.3. The molecule has 1 saturated heterocycles. The number of aromatic nitrogens is 2. The molecule has 0 spiro atoms. The van der Waals surface area contributed by atoms with Gasteiger partial charge in [-0.1, -0.05) is 36.8 Å². The van der Waals surface area contributed by atoms with Gasteiger partial charge in [-0.2, -0.15) is 0 Å². The molecule has 0 radical (unpaired) electrons. The number of hydrogen-bond donors (Lipinski definition) is 1. The number of nitrogens with one attached hydrogen (secondary N) is 1. The average Bonchev–Trinajstić information content (AvgIpc) is 3.19. The Morgan fingerprint density at radius 3 is 2.71 bits per heavy atom. The van der Waals surface area contributed by atoms with Crippen LogP contribution in [0.25, 0.3) is 11.5 Å². The third kappa shape index (κ3) is 4.09. The Morgan fingerprint density at radius 2 is 1.89 bits per heavy atom. The zero-order chi connectivity index (χ0) is 19.3. The Bertz CT molecular complexity index is 944. The molecule has 1 fully saturated rings. The van der Waals surface area contributed by atoms with Crippen LogP contribution in [0.4, 0.5) is 10.1 Å². The molecule has 2 aromatic carbocycles. The summed E-state index contributed by atoms with van der Waals surface area (Å²) in [5.74, 6) is 0.0882. The van der Waals surface area contributed by atoms with E-state index in [9.17, 15) is 9.18 Å². The molecule has 4 rings (SSSR count). The smallest absolute Gasteiger partial charge is 0.250 e. The van der Waals surface area contributed by atoms with E-state index in [1.165, 1.54) is 6.07 Å². The molecular weight excluding hydrogens is 359 g/mol. The fourth-order valence-electron chi connectivity index (χ4n) is 3.48. The summed E-state index contributed by atoms with van der Waals surface area (Å²) in [6.07, 6.45) is 2.83. The van der Waals surface area contributed by atoms with E-state index in [-0.39, 0.29) is 29.9 Å². The third-order valence-electron chi connectivity index (χ3n) is 4.85. The van der Waals surface area contributed by atoms with Gasteiger partial charge in [0.05, 0.1) is 18.2 Å². The number of rotatable bonds is 5. The number of carbonyl (C=O) groups excluding carboxylic acids is 1. The number of likely N-dealkylation sites (tertiary alicyclic amines) is 1. The maximum absolute atomic E-state index is 14.0. The molecular formula is C21H21FN4O2. The van der Waals surface area contributed by atoms with Gasteiger partial charge in [0.1, 0.15) is 5.82 Å². The fraction of sp³-hybridized carbons (Fsp3) is 0.286. The van der Waals surface area contributed by atoms with Crippen LogP contribution in [-0.4, -0.2) is 34.1 Å². The van der Waals surface area contributed by atoms with Crippen molar-refractivity contribution >= 4 is 11.6 Å². The molecule has 3 aromatic rings. The molecule has 0 saturated carbocycles. The van der Waals surface area contributed by atoms with Crippen LogP contribution in [0.5, 0.6) is 0 Å². The Labute approximate surface area is 162 Å². The lowest BCUT2D eigenvalue weighted by Crippen LogP contribution is -2.39. The van der Waals surface area contributed by atoms with Gasteiger partial charge in [0.15, 0.2) is 0 Å². The molecule has 2 heterocycles. The Morgan fingerprint density at radius 1 is 1.11 bits per heavy atom. The molecule has 28 heavy (non-hydrogen) atoms. The zero-order valence-corrected chi connectivity index (χ0v) is 15.3. The first-order chi connectivity index (χ1) is 13.7. The van der Waals surface area contributed by atoms with E-state index in [0.29, 0.717) is 5.89 Å². The Balaban J connectivity index is 1.48. The molecule has 1 aliphatic rings. The molecule has 0 bridgehead atoms. The van der Waals surface area contributed by atoms with Gasteiger partial charge >= 0.3 is 0 Å². The van der Waals surface area contributed by atoms with Crippen LogP contribution in [0.3, 0.4) is 0 Å². The van der Waals surface area contributed by atoms with E-state index in [4.69, 9.17) is 4.42 Å². The number of para-hydroxylation sites is 1. The second-order valence-electron chi connectivity index (χ2n) is 6.82. The lowest BCUT2D eigenvalue weighted by molar-refractivity contribution is -0.118. The summed E-state index contributed by atoms with van der Waals surface area (Å²) in [5.41, 5.74) is 1.05. The number of hydrogen-bond acceptors (Lipinski definition) is 5. The molecule has 0 unspecified atom stereocenters. The van der Waals surface area contributed by atoms with Crippen molar-refractivity contribution in [2.75, 3.05) is 18.4 Å². The van der Waals surface area contributed by atoms with Crippen LogP contribution in [-0.2, 0) is 4.79 Å². The van der Waals surface area contributed by atoms with Crippen LogP contribution < -0.4 is 5.32 Å². The topological polar surface area (TPSA) is 71.3 Å². The highest BCUT2D eigenvalue weighted by Gasteiger charge is 2.30. The van der Waals surface area contributed by atoms with Crippen LogP contribution in [0, 0.1) is 5.82 Å². The number of carbonyl (C=O) groups is 1. The van der Waals surface area contributed by atoms with Crippen molar-refractivity contribution in [1.82, 2.24) is 15.1 Å². The molecule has 1 aromatic heterocycles. The number of benzene rings is 2. The maximum Gasteiger partial charge on any atom is 0.250 e. The number of nitrogens with zero attached hydrogens (tertiary/aromatic N) is 3. The Hall–Kier alpha value is -3.06. The van der Waals surface area contributed by atoms with Crippen molar-refractivity contribution in [2.24, 2.45) is 0 Å². The van der Waals surface area contributed by atoms with Crippen LogP contribution in [0.15, 0.2) is 59.0 Å².